The molecule has 0 spiro atoms. The van der Waals surface area contributed by atoms with E-state index in [1.807, 2.05) is 41.5 Å². The van der Waals surface area contributed by atoms with Crippen LogP contribution in [0.2, 0.25) is 0 Å². The highest BCUT2D eigenvalue weighted by molar-refractivity contribution is 7.09. The third-order valence-corrected chi connectivity index (χ3v) is 6.17. The van der Waals surface area contributed by atoms with Crippen molar-refractivity contribution in [2.45, 2.75) is 26.2 Å². The molecule has 1 saturated carbocycles. The van der Waals surface area contributed by atoms with Crippen molar-refractivity contribution in [1.82, 2.24) is 15.2 Å². The van der Waals surface area contributed by atoms with Gasteiger partial charge in [0.25, 0.3) is 5.91 Å². The lowest BCUT2D eigenvalue weighted by Gasteiger charge is -2.36. The lowest BCUT2D eigenvalue weighted by atomic mass is 10.1. The molecule has 2 heterocycles. The first-order chi connectivity index (χ1) is 13.6. The number of amides is 2. The van der Waals surface area contributed by atoms with Crippen molar-refractivity contribution in [3.8, 4) is 0 Å². The summed E-state index contributed by atoms with van der Waals surface area (Å²) in [5.74, 6) is 0.571. The summed E-state index contributed by atoms with van der Waals surface area (Å²) in [6.45, 7) is 5.83. The third-order valence-electron chi connectivity index (χ3n) is 5.35. The van der Waals surface area contributed by atoms with E-state index >= 15 is 0 Å². The van der Waals surface area contributed by atoms with Crippen molar-refractivity contribution in [2.75, 3.05) is 37.6 Å². The Hall–Kier alpha value is -2.41. The standard InChI is InChI=1S/C21H26N4O2S/c1-15-23-18(14-28-15)8-9-22-20(26)16-4-6-19(7-5-16)24-10-12-25(13-11-24)21(27)17-2-3-17/h4-7,14,17H,2-3,8-13H2,1H3,(H,22,26). The molecule has 2 aliphatic rings. The van der Waals surface area contributed by atoms with Gasteiger partial charge in [-0.15, -0.1) is 11.3 Å². The molecule has 7 heteroatoms. The Morgan fingerprint density at radius 3 is 2.46 bits per heavy atom. The third kappa shape index (κ3) is 4.52. The van der Waals surface area contributed by atoms with Gasteiger partial charge in [-0.05, 0) is 44.0 Å². The lowest BCUT2D eigenvalue weighted by molar-refractivity contribution is -0.132. The zero-order valence-electron chi connectivity index (χ0n) is 16.2. The minimum atomic E-state index is -0.0571. The van der Waals surface area contributed by atoms with Crippen molar-refractivity contribution in [3.63, 3.8) is 0 Å². The fourth-order valence-corrected chi connectivity index (χ4v) is 4.17. The molecule has 148 valence electrons. The predicted molar refractivity (Wildman–Crippen MR) is 111 cm³/mol. The number of carbonyl (C=O) groups excluding carboxylic acids is 2. The summed E-state index contributed by atoms with van der Waals surface area (Å²) in [7, 11) is 0. The van der Waals surface area contributed by atoms with Crippen LogP contribution in [0.1, 0.15) is 33.9 Å². The normalized spacial score (nSPS) is 16.9. The minimum Gasteiger partial charge on any atom is -0.368 e. The van der Waals surface area contributed by atoms with E-state index in [1.54, 1.807) is 11.3 Å². The highest BCUT2D eigenvalue weighted by atomic mass is 32.1. The smallest absolute Gasteiger partial charge is 0.251 e. The van der Waals surface area contributed by atoms with E-state index < -0.39 is 0 Å². The number of nitrogens with one attached hydrogen (secondary N) is 1. The fourth-order valence-electron chi connectivity index (χ4n) is 3.53. The number of hydrogen-bond donors (Lipinski definition) is 1. The summed E-state index contributed by atoms with van der Waals surface area (Å²) >= 11 is 1.63. The molecule has 1 aromatic heterocycles. The fraction of sp³-hybridized carbons (Fsp3) is 0.476. The lowest BCUT2D eigenvalue weighted by Crippen LogP contribution is -2.49. The van der Waals surface area contributed by atoms with E-state index in [0.717, 1.165) is 61.8 Å². The van der Waals surface area contributed by atoms with Crippen molar-refractivity contribution < 1.29 is 9.59 Å². The van der Waals surface area contributed by atoms with Gasteiger partial charge < -0.3 is 15.1 Å². The summed E-state index contributed by atoms with van der Waals surface area (Å²) in [4.78, 5) is 33.2. The highest BCUT2D eigenvalue weighted by Gasteiger charge is 2.34. The van der Waals surface area contributed by atoms with Gasteiger partial charge in [-0.25, -0.2) is 4.98 Å². The van der Waals surface area contributed by atoms with Crippen molar-refractivity contribution >= 4 is 28.8 Å². The van der Waals surface area contributed by atoms with Gasteiger partial charge in [0.2, 0.25) is 5.91 Å². The average Bonchev–Trinajstić information content (AvgIpc) is 3.49. The van der Waals surface area contributed by atoms with E-state index in [4.69, 9.17) is 0 Å². The van der Waals surface area contributed by atoms with E-state index in [9.17, 15) is 9.59 Å². The zero-order valence-corrected chi connectivity index (χ0v) is 17.0. The molecule has 0 bridgehead atoms. The van der Waals surface area contributed by atoms with Crippen LogP contribution in [-0.2, 0) is 11.2 Å². The van der Waals surface area contributed by atoms with E-state index in [0.29, 0.717) is 23.9 Å². The summed E-state index contributed by atoms with van der Waals surface area (Å²) in [5, 5.41) is 6.04. The number of piperazine rings is 1. The van der Waals surface area contributed by atoms with Crippen LogP contribution < -0.4 is 10.2 Å². The summed E-state index contributed by atoms with van der Waals surface area (Å²) in [6, 6.07) is 7.74. The Morgan fingerprint density at radius 1 is 1.14 bits per heavy atom. The number of nitrogens with zero attached hydrogens (tertiary/aromatic N) is 3. The van der Waals surface area contributed by atoms with Crippen LogP contribution in [0.3, 0.4) is 0 Å². The molecule has 1 aliphatic heterocycles. The number of carbonyl (C=O) groups is 2. The van der Waals surface area contributed by atoms with E-state index in [1.165, 1.54) is 0 Å². The SMILES string of the molecule is Cc1nc(CCNC(=O)c2ccc(N3CCN(C(=O)C4CC4)CC3)cc2)cs1. The van der Waals surface area contributed by atoms with Crippen molar-refractivity contribution in [3.05, 3.63) is 45.9 Å². The molecule has 4 rings (SSSR count). The summed E-state index contributed by atoms with van der Waals surface area (Å²) < 4.78 is 0. The van der Waals surface area contributed by atoms with Gasteiger partial charge in [0, 0.05) is 61.7 Å². The van der Waals surface area contributed by atoms with Crippen LogP contribution in [0, 0.1) is 12.8 Å². The molecular weight excluding hydrogens is 372 g/mol. The molecule has 1 aliphatic carbocycles. The van der Waals surface area contributed by atoms with Gasteiger partial charge in [0.1, 0.15) is 0 Å². The van der Waals surface area contributed by atoms with Crippen LogP contribution in [0.15, 0.2) is 29.6 Å². The Bertz CT molecular complexity index is 836. The van der Waals surface area contributed by atoms with Crippen molar-refractivity contribution in [2.24, 2.45) is 5.92 Å². The molecule has 0 unspecified atom stereocenters. The van der Waals surface area contributed by atoms with Crippen LogP contribution in [-0.4, -0.2) is 54.4 Å². The minimum absolute atomic E-state index is 0.0571. The van der Waals surface area contributed by atoms with Crippen LogP contribution >= 0.6 is 11.3 Å². The second-order valence-corrected chi connectivity index (χ2v) is 8.56. The quantitative estimate of drug-likeness (QED) is 0.812. The summed E-state index contributed by atoms with van der Waals surface area (Å²) in [6.07, 6.45) is 2.87. The van der Waals surface area contributed by atoms with E-state index in [2.05, 4.69) is 15.2 Å². The molecule has 0 atom stereocenters. The highest BCUT2D eigenvalue weighted by Crippen LogP contribution is 2.31. The number of aryl methyl sites for hydroxylation is 1. The Balaban J connectivity index is 1.25. The number of anilines is 1. The Morgan fingerprint density at radius 2 is 1.86 bits per heavy atom. The molecule has 28 heavy (non-hydrogen) atoms. The molecule has 1 N–H and O–H groups in total. The molecule has 2 amide bonds. The van der Waals surface area contributed by atoms with Gasteiger partial charge in [-0.3, -0.25) is 9.59 Å². The molecule has 6 nitrogen and oxygen atoms in total. The first kappa shape index (κ1) is 18.9. The Kier molecular flexibility index (Phi) is 5.62. The van der Waals surface area contributed by atoms with Gasteiger partial charge in [0.15, 0.2) is 0 Å². The number of benzene rings is 1. The van der Waals surface area contributed by atoms with Crippen LogP contribution in [0.4, 0.5) is 5.69 Å². The maximum absolute atomic E-state index is 12.3. The molecule has 2 fully saturated rings. The van der Waals surface area contributed by atoms with Crippen molar-refractivity contribution in [1.29, 1.82) is 0 Å². The second kappa shape index (κ2) is 8.31. The van der Waals surface area contributed by atoms with Gasteiger partial charge >= 0.3 is 0 Å². The van der Waals surface area contributed by atoms with Gasteiger partial charge in [-0.1, -0.05) is 0 Å². The molecule has 1 aromatic carbocycles. The number of rotatable bonds is 6. The first-order valence-corrected chi connectivity index (χ1v) is 10.8. The first-order valence-electron chi connectivity index (χ1n) is 9.93. The molecule has 1 saturated heterocycles. The molecular formula is C21H26N4O2S. The number of thiazole rings is 1. The topological polar surface area (TPSA) is 65.5 Å². The zero-order chi connectivity index (χ0) is 19.5. The average molecular weight is 399 g/mol. The maximum Gasteiger partial charge on any atom is 0.251 e. The maximum atomic E-state index is 12.3. The predicted octanol–water partition coefficient (Wildman–Crippen LogP) is 2.48. The van der Waals surface area contributed by atoms with Crippen LogP contribution in [0.25, 0.3) is 0 Å². The Labute approximate surface area is 169 Å². The second-order valence-electron chi connectivity index (χ2n) is 7.50. The van der Waals surface area contributed by atoms with Gasteiger partial charge in [-0.2, -0.15) is 0 Å². The largest absolute Gasteiger partial charge is 0.368 e. The van der Waals surface area contributed by atoms with Crippen LogP contribution in [0.5, 0.6) is 0 Å². The van der Waals surface area contributed by atoms with Gasteiger partial charge in [0.05, 0.1) is 10.7 Å². The van der Waals surface area contributed by atoms with E-state index in [-0.39, 0.29) is 5.91 Å². The summed E-state index contributed by atoms with van der Waals surface area (Å²) in [5.41, 5.74) is 2.80. The molecule has 0 radical (unpaired) electrons. The molecule has 2 aromatic rings. The monoisotopic (exact) mass is 398 g/mol. The number of hydrogen-bond acceptors (Lipinski definition) is 5. The number of aromatic nitrogens is 1.